The van der Waals surface area contributed by atoms with Gasteiger partial charge in [-0.1, -0.05) is 143 Å². The molecule has 2 aromatic carbocycles. The van der Waals surface area contributed by atoms with E-state index in [0.717, 1.165) is 44.1 Å². The van der Waals surface area contributed by atoms with Gasteiger partial charge in [0.1, 0.15) is 18.2 Å². The van der Waals surface area contributed by atoms with E-state index in [9.17, 15) is 67.4 Å². The molecule has 9 amide bonds. The van der Waals surface area contributed by atoms with Crippen LogP contribution in [0.2, 0.25) is 0 Å². The third-order valence-electron chi connectivity index (χ3n) is 21.8. The summed E-state index contributed by atoms with van der Waals surface area (Å²) < 4.78 is 17.9. The monoisotopic (exact) mass is 1560 g/mol. The fraction of sp³-hybridized carbons (Fsp3) is 0.699. The Labute approximate surface area is 657 Å². The van der Waals surface area contributed by atoms with Crippen LogP contribution in [-0.4, -0.2) is 210 Å². The number of carbonyl (C=O) groups excluding carboxylic acids is 12. The Morgan fingerprint density at radius 1 is 0.664 bits per heavy atom. The maximum Gasteiger partial charge on any atom is 0.410 e. The highest BCUT2D eigenvalue weighted by molar-refractivity contribution is 8.00. The molecule has 12 atom stereocenters. The summed E-state index contributed by atoms with van der Waals surface area (Å²) in [5, 5.41) is 18.0. The Kier molecular flexibility index (Phi) is 42.8. The fourth-order valence-electron chi connectivity index (χ4n) is 15.1. The number of primary amides is 1. The second-order valence-electron chi connectivity index (χ2n) is 31.2. The zero-order chi connectivity index (χ0) is 81.7. The molecule has 0 aliphatic carbocycles. The number of Topliss-reactive ketones (excluding diaryl/α,β-unsaturated/α-hetero) is 4. The number of unbranched alkanes of at least 4 members (excludes halogenated alkanes) is 6. The topological polar surface area (TPSA) is 371 Å². The highest BCUT2D eigenvalue weighted by Gasteiger charge is 2.45. The molecule has 27 heteroatoms. The van der Waals surface area contributed by atoms with Crippen LogP contribution >= 0.6 is 11.8 Å². The predicted molar refractivity (Wildman–Crippen MR) is 424 cm³/mol. The molecule has 2 aliphatic rings. The molecule has 616 valence electrons. The van der Waals surface area contributed by atoms with Crippen molar-refractivity contribution in [2.24, 2.45) is 58.8 Å². The van der Waals surface area contributed by atoms with Gasteiger partial charge in [0.15, 0.2) is 11.6 Å². The van der Waals surface area contributed by atoms with Gasteiger partial charge in [-0.05, 0) is 123 Å². The van der Waals surface area contributed by atoms with Crippen molar-refractivity contribution < 1.29 is 81.6 Å². The number of imide groups is 1. The lowest BCUT2D eigenvalue weighted by Crippen LogP contribution is -2.54. The van der Waals surface area contributed by atoms with Crippen LogP contribution in [-0.2, 0) is 86.4 Å². The molecular weight excluding hydrogens is 1430 g/mol. The van der Waals surface area contributed by atoms with Gasteiger partial charge in [-0.25, -0.2) is 9.59 Å². The van der Waals surface area contributed by atoms with Crippen LogP contribution in [0.5, 0.6) is 0 Å². The molecule has 0 aromatic heterocycles. The largest absolute Gasteiger partial charge is 0.481 e. The average molecular weight is 1560 g/mol. The van der Waals surface area contributed by atoms with Crippen LogP contribution in [0.4, 0.5) is 9.59 Å². The quantitative estimate of drug-likeness (QED) is 0.0265. The van der Waals surface area contributed by atoms with E-state index < -0.39 is 89.3 Å². The highest BCUT2D eigenvalue weighted by atomic mass is 32.2. The molecule has 2 saturated heterocycles. The minimum Gasteiger partial charge on any atom is -0.481 e. The van der Waals surface area contributed by atoms with Gasteiger partial charge in [0.2, 0.25) is 35.4 Å². The molecule has 0 spiro atoms. The molecule has 110 heavy (non-hydrogen) atoms. The van der Waals surface area contributed by atoms with Gasteiger partial charge in [0.05, 0.1) is 54.0 Å². The van der Waals surface area contributed by atoms with Crippen molar-refractivity contribution >= 4 is 88.4 Å². The maximum absolute atomic E-state index is 14.9. The van der Waals surface area contributed by atoms with Crippen LogP contribution < -0.4 is 27.4 Å². The Balaban J connectivity index is 1.31. The molecule has 4 rings (SSSR count). The van der Waals surface area contributed by atoms with E-state index in [1.165, 1.54) is 42.8 Å². The summed E-state index contributed by atoms with van der Waals surface area (Å²) in [5.74, 6) is -7.27. The van der Waals surface area contributed by atoms with Crippen LogP contribution in [0.25, 0.3) is 0 Å². The number of carboxylic acid groups (broad SMARTS) is 1. The number of ether oxygens (including phenoxy) is 3. The summed E-state index contributed by atoms with van der Waals surface area (Å²) in [6, 6.07) is 12.3. The van der Waals surface area contributed by atoms with E-state index >= 15 is 0 Å². The average Bonchev–Trinajstić information content (AvgIpc) is 1.77. The van der Waals surface area contributed by atoms with Crippen molar-refractivity contribution in [2.45, 2.75) is 258 Å². The maximum atomic E-state index is 14.9. The summed E-state index contributed by atoms with van der Waals surface area (Å²) >= 11 is 1.48. The molecule has 8 N–H and O–H groups in total. The minimum absolute atomic E-state index is 0.0383. The molecule has 2 aromatic rings. The van der Waals surface area contributed by atoms with Crippen LogP contribution in [0.1, 0.15) is 214 Å². The lowest BCUT2D eigenvalue weighted by Gasteiger charge is -2.41. The second kappa shape index (κ2) is 49.7. The van der Waals surface area contributed by atoms with E-state index in [1.54, 1.807) is 61.9 Å². The number of amides is 9. The number of nitrogens with zero attached hydrogens (tertiary/aromatic N) is 4. The van der Waals surface area contributed by atoms with E-state index in [1.807, 2.05) is 71.9 Å². The second-order valence-corrected chi connectivity index (χ2v) is 32.5. The van der Waals surface area contributed by atoms with Crippen LogP contribution in [0.15, 0.2) is 54.6 Å². The summed E-state index contributed by atoms with van der Waals surface area (Å²) in [6.45, 7) is 18.6. The lowest BCUT2D eigenvalue weighted by atomic mass is 9.83. The number of nitrogens with two attached hydrogens (primary N) is 2. The van der Waals surface area contributed by atoms with Crippen molar-refractivity contribution in [3.63, 3.8) is 0 Å². The van der Waals surface area contributed by atoms with Crippen molar-refractivity contribution in [1.29, 1.82) is 0 Å². The Hall–Kier alpha value is -7.62. The number of urea groups is 1. The zero-order valence-corrected chi connectivity index (χ0v) is 68.7. The van der Waals surface area contributed by atoms with Gasteiger partial charge < -0.3 is 61.4 Å². The Morgan fingerprint density at radius 3 is 1.91 bits per heavy atom. The minimum atomic E-state index is -1.07. The first-order valence-corrected chi connectivity index (χ1v) is 41.1. The SMILES string of the molecule is CC[C@H](C)[C@@H]([C@@H](CC(=O)N1CCC[C@H]1[C@H](OC)[C@@H](C)C(=O)C[C@@H](Cc1ccccc1)C(=O)O)OC)N(C)C(=O)C(CC(=O)C(C(C)C)N(C)C(=O)OCc1ccc(CC(=O)[C@H](CCCNC(N)=O)CC(=O)C(NC(=O)CCCCCN2C(=O)CC(SCCCCCC(=O)NCCCCCN)C2=O)C(C)C)cc1)C(C)C. The predicted octanol–water partition coefficient (Wildman–Crippen LogP) is 9.84. The number of ketones is 4. The van der Waals surface area contributed by atoms with Gasteiger partial charge in [0, 0.05) is 117 Å². The third kappa shape index (κ3) is 31.2. The van der Waals surface area contributed by atoms with Gasteiger partial charge in [-0.15, -0.1) is 11.8 Å². The number of rotatable bonds is 55. The molecular formula is C83H131N9O17S. The van der Waals surface area contributed by atoms with E-state index in [4.69, 9.17) is 25.7 Å². The highest BCUT2D eigenvalue weighted by Crippen LogP contribution is 2.34. The molecule has 0 radical (unpaired) electrons. The van der Waals surface area contributed by atoms with Crippen molar-refractivity contribution in [2.75, 3.05) is 66.8 Å². The molecule has 4 unspecified atom stereocenters. The number of likely N-dealkylation sites (N-methyl/N-ethyl adjacent to an activating group) is 2. The zero-order valence-electron chi connectivity index (χ0n) is 67.9. The first-order valence-electron chi connectivity index (χ1n) is 40.0. The number of hydrogen-bond acceptors (Lipinski definition) is 18. The first kappa shape index (κ1) is 94.8. The third-order valence-corrected chi connectivity index (χ3v) is 23.1. The summed E-state index contributed by atoms with van der Waals surface area (Å²) in [7, 11) is 6.14. The number of thioether (sulfide) groups is 1. The van der Waals surface area contributed by atoms with Crippen molar-refractivity contribution in [3.8, 4) is 0 Å². The standard InChI is InChI=1S/C83H131N9O17S/c1-14-56(8)77(69(107-12)50-73(99)91-43-28-32-64(91)78(108-13)57(9)65(93)48-62(81(103)104)45-58-29-19-15-20-30-58)89(10)79(101)63(53(2)3)49-68(96)76(55(6)7)90(11)83(106)109-52-60-37-35-59(36-38-60)46-66(94)61(31-27-41-87-82(85)105)47-67(95)75(54(4)5)88-72(98)34-21-16-25-42-92-74(100)51-70(80(92)102)110-44-26-17-22-33-71(97)86-40-24-18-23-39-84/h15,19-20,29-30,35-38,53-57,61-64,69-70,75-78H,14,16-18,21-28,31-34,39-52,84H2,1-13H3,(H,86,97)(H,88,98)(H,103,104)(H3,85,87,105)/t56-,57-,61+,62+,63?,64-,69+,70?,75?,76?,77-,78+/m0/s1. The number of aliphatic carboxylic acids is 1. The van der Waals surface area contributed by atoms with Crippen LogP contribution in [0, 0.1) is 47.3 Å². The number of hydrogen-bond donors (Lipinski definition) is 6. The van der Waals surface area contributed by atoms with Crippen molar-refractivity contribution in [3.05, 3.63) is 71.3 Å². The molecule has 2 fully saturated rings. The van der Waals surface area contributed by atoms with Crippen molar-refractivity contribution in [1.82, 2.24) is 35.6 Å². The summed E-state index contributed by atoms with van der Waals surface area (Å²) in [5.41, 5.74) is 12.9. The van der Waals surface area contributed by atoms with E-state index in [-0.39, 0.29) is 154 Å². The molecule has 0 saturated carbocycles. The fourth-order valence-corrected chi connectivity index (χ4v) is 16.3. The van der Waals surface area contributed by atoms with Gasteiger partial charge in [-0.2, -0.15) is 0 Å². The number of likely N-dealkylation sites (tertiary alicyclic amines) is 2. The van der Waals surface area contributed by atoms with E-state index in [2.05, 4.69) is 16.0 Å². The lowest BCUT2D eigenvalue weighted by molar-refractivity contribution is -0.149. The molecule has 26 nitrogen and oxygen atoms in total. The van der Waals surface area contributed by atoms with Gasteiger partial charge >= 0.3 is 18.1 Å². The molecule has 2 heterocycles. The number of carboxylic acids is 1. The number of carbonyl (C=O) groups is 13. The summed E-state index contributed by atoms with van der Waals surface area (Å²) in [4.78, 5) is 181. The number of nitrogens with one attached hydrogen (secondary N) is 3. The van der Waals surface area contributed by atoms with Crippen LogP contribution in [0.3, 0.4) is 0 Å². The Morgan fingerprint density at radius 2 is 1.30 bits per heavy atom. The van der Waals surface area contributed by atoms with E-state index in [0.29, 0.717) is 87.9 Å². The Bertz CT molecular complexity index is 3280. The first-order chi connectivity index (χ1) is 52.3. The number of methoxy groups -OCH3 is 2. The number of benzene rings is 2. The van der Waals surface area contributed by atoms with Gasteiger partial charge in [-0.3, -0.25) is 57.6 Å². The van der Waals surface area contributed by atoms with Gasteiger partial charge in [0.25, 0.3) is 0 Å². The molecule has 2 aliphatic heterocycles. The summed E-state index contributed by atoms with van der Waals surface area (Å²) in [6.07, 6.45) is 7.17. The smallest absolute Gasteiger partial charge is 0.410 e. The molecule has 0 bridgehead atoms. The normalized spacial score (nSPS) is 17.2.